The van der Waals surface area contributed by atoms with E-state index in [1.54, 1.807) is 42.5 Å². The van der Waals surface area contributed by atoms with Crippen LogP contribution in [0.5, 0.6) is 0 Å². The Morgan fingerprint density at radius 2 is 1.52 bits per heavy atom. The largest absolute Gasteiger partial charge is 0.350 e. The van der Waals surface area contributed by atoms with E-state index in [4.69, 9.17) is 0 Å². The van der Waals surface area contributed by atoms with Crippen molar-refractivity contribution in [1.82, 2.24) is 13.5 Å². The zero-order valence-electron chi connectivity index (χ0n) is 17.5. The summed E-state index contributed by atoms with van der Waals surface area (Å²) in [6.07, 6.45) is 2.00. The molecule has 164 valence electrons. The normalized spacial score (nSPS) is 11.8. The molecule has 0 spiro atoms. The molecule has 0 radical (unpaired) electrons. The first-order valence-corrected chi connectivity index (χ1v) is 11.8. The van der Waals surface area contributed by atoms with E-state index in [0.717, 1.165) is 10.1 Å². The van der Waals surface area contributed by atoms with Crippen molar-refractivity contribution in [2.75, 3.05) is 0 Å². The molecule has 3 aromatic carbocycles. The van der Waals surface area contributed by atoms with Gasteiger partial charge < -0.3 is 0 Å². The standard InChI is InChI=1S/C25H19N3O4S/c29-23(16-15-18-8-2-1-3-9-18)27-20-12-4-5-13-21(20)28(25(27)30)33(31,32)22-14-6-10-19-11-7-17-26-24(19)22/h1-14,17H,15-16H2. The van der Waals surface area contributed by atoms with Crippen LogP contribution in [0.2, 0.25) is 0 Å². The van der Waals surface area contributed by atoms with Crippen molar-refractivity contribution >= 4 is 37.9 Å². The number of imidazole rings is 1. The van der Waals surface area contributed by atoms with E-state index >= 15 is 0 Å². The van der Waals surface area contributed by atoms with Crippen LogP contribution in [-0.4, -0.2) is 27.8 Å². The van der Waals surface area contributed by atoms with Gasteiger partial charge in [0, 0.05) is 18.0 Å². The number of benzene rings is 3. The van der Waals surface area contributed by atoms with Crippen LogP contribution in [0, 0.1) is 0 Å². The number of para-hydroxylation sites is 3. The third-order valence-corrected chi connectivity index (χ3v) is 7.26. The quantitative estimate of drug-likeness (QED) is 0.400. The Morgan fingerprint density at radius 3 is 2.30 bits per heavy atom. The number of hydrogen-bond acceptors (Lipinski definition) is 5. The number of aromatic nitrogens is 3. The molecule has 0 fully saturated rings. The van der Waals surface area contributed by atoms with Gasteiger partial charge in [-0.05, 0) is 36.2 Å². The van der Waals surface area contributed by atoms with Gasteiger partial charge in [-0.25, -0.2) is 17.8 Å². The average Bonchev–Trinajstić information content (AvgIpc) is 3.15. The maximum Gasteiger partial charge on any atom is 0.350 e. The molecule has 2 aromatic heterocycles. The summed E-state index contributed by atoms with van der Waals surface area (Å²) >= 11 is 0. The fourth-order valence-corrected chi connectivity index (χ4v) is 5.55. The van der Waals surface area contributed by atoms with Crippen LogP contribution < -0.4 is 5.69 Å². The number of pyridine rings is 1. The third kappa shape index (κ3) is 3.54. The lowest BCUT2D eigenvalue weighted by Gasteiger charge is -2.08. The number of carbonyl (C=O) groups is 1. The molecule has 0 unspecified atom stereocenters. The van der Waals surface area contributed by atoms with Gasteiger partial charge in [-0.3, -0.25) is 9.78 Å². The molecule has 0 amide bonds. The van der Waals surface area contributed by atoms with Crippen LogP contribution in [0.25, 0.3) is 21.9 Å². The number of nitrogens with zero attached hydrogens (tertiary/aromatic N) is 3. The van der Waals surface area contributed by atoms with Crippen LogP contribution in [-0.2, 0) is 16.4 Å². The maximum atomic E-state index is 13.7. The summed E-state index contributed by atoms with van der Waals surface area (Å²) in [4.78, 5) is 30.6. The molecule has 0 atom stereocenters. The van der Waals surface area contributed by atoms with E-state index in [2.05, 4.69) is 4.98 Å². The number of rotatable bonds is 5. The molecule has 5 rings (SSSR count). The van der Waals surface area contributed by atoms with Gasteiger partial charge >= 0.3 is 5.69 Å². The van der Waals surface area contributed by atoms with Crippen molar-refractivity contribution in [3.63, 3.8) is 0 Å². The number of carbonyl (C=O) groups excluding carboxylic acids is 1. The monoisotopic (exact) mass is 457 g/mol. The van der Waals surface area contributed by atoms with Gasteiger partial charge in [0.2, 0.25) is 5.91 Å². The van der Waals surface area contributed by atoms with Crippen molar-refractivity contribution in [3.05, 3.63) is 107 Å². The second kappa shape index (κ2) is 8.14. The summed E-state index contributed by atoms with van der Waals surface area (Å²) < 4.78 is 29.0. The van der Waals surface area contributed by atoms with Crippen LogP contribution >= 0.6 is 0 Å². The van der Waals surface area contributed by atoms with E-state index in [1.165, 1.54) is 18.3 Å². The van der Waals surface area contributed by atoms with Crippen LogP contribution in [0.1, 0.15) is 16.8 Å². The zero-order valence-corrected chi connectivity index (χ0v) is 18.3. The number of fused-ring (bicyclic) bond motifs is 2. The van der Waals surface area contributed by atoms with Crippen LogP contribution in [0.4, 0.5) is 0 Å². The second-order valence-electron chi connectivity index (χ2n) is 7.59. The predicted octanol–water partition coefficient (Wildman–Crippen LogP) is 3.86. The lowest BCUT2D eigenvalue weighted by Crippen LogP contribution is -2.33. The van der Waals surface area contributed by atoms with Gasteiger partial charge in [-0.15, -0.1) is 0 Å². The van der Waals surface area contributed by atoms with Crippen molar-refractivity contribution in [2.45, 2.75) is 17.7 Å². The molecular weight excluding hydrogens is 438 g/mol. The van der Waals surface area contributed by atoms with Crippen molar-refractivity contribution in [3.8, 4) is 0 Å². The molecule has 0 saturated carbocycles. The number of hydrogen-bond donors (Lipinski definition) is 0. The molecule has 0 aliphatic carbocycles. The molecule has 5 aromatic rings. The first kappa shape index (κ1) is 20.8. The van der Waals surface area contributed by atoms with E-state index < -0.39 is 21.6 Å². The summed E-state index contributed by atoms with van der Waals surface area (Å²) in [6, 6.07) is 24.1. The molecule has 0 N–H and O–H groups in total. The smallest absolute Gasteiger partial charge is 0.274 e. The molecule has 0 aliphatic rings. The summed E-state index contributed by atoms with van der Waals surface area (Å²) in [7, 11) is -4.33. The lowest BCUT2D eigenvalue weighted by atomic mass is 10.1. The Labute approximate surface area is 189 Å². The Bertz CT molecular complexity index is 1660. The van der Waals surface area contributed by atoms with Gasteiger partial charge in [-0.1, -0.05) is 60.7 Å². The highest BCUT2D eigenvalue weighted by atomic mass is 32.2. The van der Waals surface area contributed by atoms with E-state index in [-0.39, 0.29) is 27.9 Å². The first-order valence-electron chi connectivity index (χ1n) is 10.4. The molecule has 2 heterocycles. The van der Waals surface area contributed by atoms with E-state index in [1.807, 2.05) is 30.3 Å². The first-order chi connectivity index (χ1) is 16.0. The Morgan fingerprint density at radius 1 is 0.818 bits per heavy atom. The van der Waals surface area contributed by atoms with Crippen LogP contribution in [0.15, 0.2) is 101 Å². The summed E-state index contributed by atoms with van der Waals surface area (Å²) in [5, 5.41) is 0.634. The highest BCUT2D eigenvalue weighted by Gasteiger charge is 2.29. The van der Waals surface area contributed by atoms with Gasteiger partial charge in [-0.2, -0.15) is 3.97 Å². The fraction of sp³-hybridized carbons (Fsp3) is 0.0800. The zero-order chi connectivity index (χ0) is 23.0. The van der Waals surface area contributed by atoms with E-state index in [9.17, 15) is 18.0 Å². The Hall–Kier alpha value is -4.04. The second-order valence-corrected chi connectivity index (χ2v) is 9.34. The van der Waals surface area contributed by atoms with E-state index in [0.29, 0.717) is 15.8 Å². The maximum absolute atomic E-state index is 13.7. The van der Waals surface area contributed by atoms with Gasteiger partial charge in [0.1, 0.15) is 4.90 Å². The van der Waals surface area contributed by atoms with Crippen molar-refractivity contribution in [2.24, 2.45) is 0 Å². The molecule has 0 bridgehead atoms. The third-order valence-electron chi connectivity index (χ3n) is 5.54. The summed E-state index contributed by atoms with van der Waals surface area (Å²) in [6.45, 7) is 0. The van der Waals surface area contributed by atoms with Crippen molar-refractivity contribution in [1.29, 1.82) is 0 Å². The van der Waals surface area contributed by atoms with Gasteiger partial charge in [0.05, 0.1) is 16.6 Å². The number of aryl methyl sites for hydroxylation is 1. The predicted molar refractivity (Wildman–Crippen MR) is 126 cm³/mol. The topological polar surface area (TPSA) is 91.0 Å². The molecule has 0 saturated heterocycles. The van der Waals surface area contributed by atoms with Gasteiger partial charge in [0.15, 0.2) is 0 Å². The minimum Gasteiger partial charge on any atom is -0.274 e. The lowest BCUT2D eigenvalue weighted by molar-refractivity contribution is 0.0904. The highest BCUT2D eigenvalue weighted by molar-refractivity contribution is 7.90. The average molecular weight is 458 g/mol. The minimum absolute atomic E-state index is 0.0633. The Kier molecular flexibility index (Phi) is 5.14. The fourth-order valence-electron chi connectivity index (χ4n) is 3.99. The highest BCUT2D eigenvalue weighted by Crippen LogP contribution is 2.25. The van der Waals surface area contributed by atoms with Crippen LogP contribution in [0.3, 0.4) is 0 Å². The molecule has 0 aliphatic heterocycles. The summed E-state index contributed by atoms with van der Waals surface area (Å²) in [5.41, 5.74) is 0.694. The molecular formula is C25H19N3O4S. The summed E-state index contributed by atoms with van der Waals surface area (Å²) in [5.74, 6) is -0.468. The Balaban J connectivity index is 1.66. The SMILES string of the molecule is O=C(CCc1ccccc1)n1c(=O)n(S(=O)(=O)c2cccc3cccnc23)c2ccccc21. The minimum atomic E-state index is -4.33. The molecule has 33 heavy (non-hydrogen) atoms. The van der Waals surface area contributed by atoms with Crippen molar-refractivity contribution < 1.29 is 13.2 Å². The van der Waals surface area contributed by atoms with Gasteiger partial charge in [0.25, 0.3) is 10.0 Å². The molecule has 8 heteroatoms. The molecule has 7 nitrogen and oxygen atoms in total.